The van der Waals surface area contributed by atoms with Gasteiger partial charge in [-0.1, -0.05) is 30.0 Å². The van der Waals surface area contributed by atoms with Crippen molar-refractivity contribution in [1.82, 2.24) is 0 Å². The van der Waals surface area contributed by atoms with Crippen LogP contribution in [0.2, 0.25) is 0 Å². The van der Waals surface area contributed by atoms with E-state index in [9.17, 15) is 35.9 Å². The normalized spacial score (nSPS) is 17.9. The number of alkyl halides is 3. The third-order valence-electron chi connectivity index (χ3n) is 6.88. The minimum Gasteiger partial charge on any atom is -0.369 e. The molecule has 0 aromatic heterocycles. The lowest BCUT2D eigenvalue weighted by atomic mass is 9.81. The van der Waals surface area contributed by atoms with Gasteiger partial charge in [-0.25, -0.2) is 12.8 Å². The first kappa shape index (κ1) is 26.7. The molecule has 3 aromatic rings. The maximum atomic E-state index is 14.8. The zero-order valence-electron chi connectivity index (χ0n) is 20.2. The summed E-state index contributed by atoms with van der Waals surface area (Å²) in [6, 6.07) is 14.6. The van der Waals surface area contributed by atoms with Gasteiger partial charge in [0.1, 0.15) is 5.82 Å². The third-order valence-corrected chi connectivity index (χ3v) is 8.36. The summed E-state index contributed by atoms with van der Waals surface area (Å²) in [5.74, 6) is 3.45. The Labute approximate surface area is 222 Å². The van der Waals surface area contributed by atoms with Crippen molar-refractivity contribution < 1.29 is 35.9 Å². The molecule has 0 radical (unpaired) electrons. The van der Waals surface area contributed by atoms with Crippen LogP contribution in [0.5, 0.6) is 0 Å². The smallest absolute Gasteiger partial charge is 0.369 e. The average molecular weight is 556 g/mol. The highest BCUT2D eigenvalue weighted by atomic mass is 32.2. The number of amides is 1. The van der Waals surface area contributed by atoms with Crippen molar-refractivity contribution in [3.63, 3.8) is 0 Å². The lowest BCUT2D eigenvalue weighted by Crippen LogP contribution is -2.44. The van der Waals surface area contributed by atoms with Gasteiger partial charge >= 0.3 is 6.18 Å². The molecule has 5 nitrogen and oxygen atoms in total. The number of carbonyl (C=O) groups excluding carboxylic acids is 1. The summed E-state index contributed by atoms with van der Waals surface area (Å²) in [6.07, 6.45) is -3.29. The van der Waals surface area contributed by atoms with Crippen molar-refractivity contribution in [2.45, 2.75) is 41.4 Å². The molecule has 0 saturated heterocycles. The molecule has 1 aliphatic heterocycles. The first-order valence-corrected chi connectivity index (χ1v) is 13.4. The molecule has 1 aliphatic carbocycles. The van der Waals surface area contributed by atoms with E-state index < -0.39 is 50.7 Å². The van der Waals surface area contributed by atoms with Crippen LogP contribution in [-0.2, 0) is 26.2 Å². The highest BCUT2D eigenvalue weighted by Gasteiger charge is 2.54. The predicted octanol–water partition coefficient (Wildman–Crippen LogP) is 5.45. The van der Waals surface area contributed by atoms with Crippen LogP contribution in [0.3, 0.4) is 0 Å². The molecule has 1 heterocycles. The van der Waals surface area contributed by atoms with E-state index in [4.69, 9.17) is 0 Å². The average Bonchev–Trinajstić information content (AvgIpc) is 3.59. The summed E-state index contributed by atoms with van der Waals surface area (Å²) in [7, 11) is -3.56. The summed E-state index contributed by atoms with van der Waals surface area (Å²) in [5.41, 5.74) is -3.93. The highest BCUT2D eigenvalue weighted by molar-refractivity contribution is 7.94. The van der Waals surface area contributed by atoms with Gasteiger partial charge in [0.15, 0.2) is 9.84 Å². The highest BCUT2D eigenvalue weighted by Crippen LogP contribution is 2.55. The molecule has 1 atom stereocenters. The van der Waals surface area contributed by atoms with E-state index in [0.29, 0.717) is 17.2 Å². The fourth-order valence-electron chi connectivity index (χ4n) is 4.65. The van der Waals surface area contributed by atoms with Gasteiger partial charge in [-0.15, -0.1) is 0 Å². The second-order valence-electron chi connectivity index (χ2n) is 9.68. The van der Waals surface area contributed by atoms with E-state index in [1.165, 1.54) is 24.3 Å². The molecule has 2 N–H and O–H groups in total. The summed E-state index contributed by atoms with van der Waals surface area (Å²) >= 11 is 0. The predicted molar refractivity (Wildman–Crippen MR) is 136 cm³/mol. The maximum Gasteiger partial charge on any atom is 0.416 e. The standard InChI is InChI=1S/C29H21F4NO4S/c30-24-8-6-21(29(31,32)33)17-23(24)27(13-14-27)18-28(36,12-10-19-4-2-1-3-5-19)26(35)34-22-7-9-25-20(16-22)11-15-39(25,37)38/h1-9,11,15-17,36H,13-14,18H2,(H,34,35). The maximum absolute atomic E-state index is 14.8. The fourth-order valence-corrected chi connectivity index (χ4v) is 5.84. The zero-order chi connectivity index (χ0) is 28.1. The molecule has 39 heavy (non-hydrogen) atoms. The Morgan fingerprint density at radius 2 is 1.74 bits per heavy atom. The van der Waals surface area contributed by atoms with Crippen LogP contribution in [0.1, 0.15) is 41.5 Å². The number of rotatable bonds is 5. The molecule has 1 unspecified atom stereocenters. The first-order chi connectivity index (χ1) is 18.3. The third kappa shape index (κ3) is 5.33. The Kier molecular flexibility index (Phi) is 6.40. The van der Waals surface area contributed by atoms with E-state index in [1.807, 2.05) is 0 Å². The number of nitrogens with one attached hydrogen (secondary N) is 1. The molecule has 1 saturated carbocycles. The Morgan fingerprint density at radius 3 is 2.41 bits per heavy atom. The number of carbonyl (C=O) groups is 1. The summed E-state index contributed by atoms with van der Waals surface area (Å²) in [6.45, 7) is 0. The molecule has 10 heteroatoms. The summed E-state index contributed by atoms with van der Waals surface area (Å²) in [4.78, 5) is 13.5. The number of halogens is 4. The van der Waals surface area contributed by atoms with Crippen molar-refractivity contribution in [1.29, 1.82) is 0 Å². The van der Waals surface area contributed by atoms with Crippen LogP contribution < -0.4 is 5.32 Å². The van der Waals surface area contributed by atoms with Crippen LogP contribution in [0.15, 0.2) is 77.0 Å². The quantitative estimate of drug-likeness (QED) is 0.324. The Balaban J connectivity index is 1.51. The van der Waals surface area contributed by atoms with Gasteiger partial charge in [-0.2, -0.15) is 13.2 Å². The Morgan fingerprint density at radius 1 is 1.03 bits per heavy atom. The molecule has 3 aromatic carbocycles. The van der Waals surface area contributed by atoms with Gasteiger partial charge in [0.05, 0.1) is 10.5 Å². The summed E-state index contributed by atoms with van der Waals surface area (Å²) in [5, 5.41) is 15.2. The van der Waals surface area contributed by atoms with Crippen molar-refractivity contribution >= 4 is 27.5 Å². The number of hydrogen-bond donors (Lipinski definition) is 2. The monoisotopic (exact) mass is 555 g/mol. The van der Waals surface area contributed by atoms with Crippen LogP contribution in [0.25, 0.3) is 6.08 Å². The van der Waals surface area contributed by atoms with Crippen LogP contribution in [0, 0.1) is 17.7 Å². The molecule has 0 spiro atoms. The molecular formula is C29H21F4NO4S. The van der Waals surface area contributed by atoms with Gasteiger partial charge in [0.2, 0.25) is 5.60 Å². The number of anilines is 1. The Bertz CT molecular complexity index is 1670. The van der Waals surface area contributed by atoms with E-state index >= 15 is 0 Å². The van der Waals surface area contributed by atoms with Crippen LogP contribution >= 0.6 is 0 Å². The fraction of sp³-hybridized carbons (Fsp3) is 0.207. The van der Waals surface area contributed by atoms with Gasteiger partial charge in [0, 0.05) is 28.5 Å². The van der Waals surface area contributed by atoms with E-state index in [-0.39, 0.29) is 29.0 Å². The van der Waals surface area contributed by atoms with Crippen molar-refractivity contribution in [3.05, 3.63) is 100 Å². The lowest BCUT2D eigenvalue weighted by molar-refractivity contribution is -0.137. The van der Waals surface area contributed by atoms with E-state index in [1.54, 1.807) is 30.3 Å². The zero-order valence-corrected chi connectivity index (χ0v) is 21.0. The van der Waals surface area contributed by atoms with Crippen LogP contribution in [0.4, 0.5) is 23.2 Å². The van der Waals surface area contributed by atoms with Crippen LogP contribution in [-0.4, -0.2) is 25.0 Å². The lowest BCUT2D eigenvalue weighted by Gasteiger charge is -2.28. The minimum atomic E-state index is -4.70. The van der Waals surface area contributed by atoms with Gasteiger partial charge in [-0.05, 0) is 78.6 Å². The summed E-state index contributed by atoms with van der Waals surface area (Å²) < 4.78 is 79.0. The molecule has 2 aliphatic rings. The molecule has 200 valence electrons. The van der Waals surface area contributed by atoms with Gasteiger partial charge in [0.25, 0.3) is 5.91 Å². The second kappa shape index (κ2) is 9.36. The van der Waals surface area contributed by atoms with Gasteiger partial charge < -0.3 is 10.4 Å². The number of sulfone groups is 1. The number of aliphatic hydroxyl groups is 1. The molecular weight excluding hydrogens is 534 g/mol. The van der Waals surface area contributed by atoms with E-state index in [0.717, 1.165) is 17.5 Å². The van der Waals surface area contributed by atoms with Crippen molar-refractivity contribution in [3.8, 4) is 11.8 Å². The minimum absolute atomic E-state index is 0.0663. The topological polar surface area (TPSA) is 83.5 Å². The number of hydrogen-bond acceptors (Lipinski definition) is 4. The van der Waals surface area contributed by atoms with Crippen molar-refractivity contribution in [2.24, 2.45) is 0 Å². The molecule has 1 fully saturated rings. The first-order valence-electron chi connectivity index (χ1n) is 11.9. The number of fused-ring (bicyclic) bond motifs is 1. The SMILES string of the molecule is O=C(Nc1ccc2c(c1)C=CS2(=O)=O)C(O)(C#Cc1ccccc1)CC1(c2cc(C(F)(F)F)ccc2F)CC1. The Hall–Kier alpha value is -3.94. The molecule has 1 amide bonds. The molecule has 0 bridgehead atoms. The second-order valence-corrected chi connectivity index (χ2v) is 11.5. The van der Waals surface area contributed by atoms with Crippen molar-refractivity contribution in [2.75, 3.05) is 5.32 Å². The van der Waals surface area contributed by atoms with E-state index in [2.05, 4.69) is 17.2 Å². The molecule has 5 rings (SSSR count). The largest absolute Gasteiger partial charge is 0.416 e. The van der Waals surface area contributed by atoms with Gasteiger partial charge in [-0.3, -0.25) is 4.79 Å². The number of benzene rings is 3.